The molecule has 0 aliphatic carbocycles. The number of hydrogen-bond donors (Lipinski definition) is 3. The second kappa shape index (κ2) is 5.26. The highest BCUT2D eigenvalue weighted by molar-refractivity contribution is 7.98. The van der Waals surface area contributed by atoms with Gasteiger partial charge in [0.15, 0.2) is 11.9 Å². The van der Waals surface area contributed by atoms with Gasteiger partial charge < -0.3 is 20.1 Å². The molecule has 1 fully saturated rings. The number of rotatable bonds is 3. The highest BCUT2D eigenvalue weighted by Crippen LogP contribution is 2.31. The Morgan fingerprint density at radius 2 is 2.15 bits per heavy atom. The van der Waals surface area contributed by atoms with Crippen molar-refractivity contribution in [3.63, 3.8) is 0 Å². The van der Waals surface area contributed by atoms with E-state index >= 15 is 0 Å². The Labute approximate surface area is 118 Å². The Morgan fingerprint density at radius 1 is 1.35 bits per heavy atom. The average molecular weight is 298 g/mol. The Morgan fingerprint density at radius 3 is 2.80 bits per heavy atom. The van der Waals surface area contributed by atoms with E-state index in [1.165, 1.54) is 22.8 Å². The van der Waals surface area contributed by atoms with Gasteiger partial charge in [0, 0.05) is 6.20 Å². The lowest BCUT2D eigenvalue weighted by Gasteiger charge is -2.14. The summed E-state index contributed by atoms with van der Waals surface area (Å²) < 4.78 is 6.83. The first kappa shape index (κ1) is 13.7. The van der Waals surface area contributed by atoms with Crippen LogP contribution in [0.4, 0.5) is 0 Å². The van der Waals surface area contributed by atoms with Gasteiger partial charge in [-0.2, -0.15) is 0 Å². The molecule has 4 atom stereocenters. The van der Waals surface area contributed by atoms with Gasteiger partial charge in [-0.25, -0.2) is 14.6 Å². The standard InChI is InChI=1S/C11H14N4O4S/c1-20-10-5-2-15(14-9(5)12-4-13-10)11-8(18)7(17)6(3-16)19-11/h2,4,6-8,11,16-18H,3H2,1H3. The molecule has 4 unspecified atom stereocenters. The number of fused-ring (bicyclic) bond motifs is 1. The predicted molar refractivity (Wildman–Crippen MR) is 70.1 cm³/mol. The van der Waals surface area contributed by atoms with Gasteiger partial charge in [0.1, 0.15) is 29.7 Å². The SMILES string of the molecule is CSc1ncnc2nn(C3OC(CO)C(O)C3O)cc12. The summed E-state index contributed by atoms with van der Waals surface area (Å²) in [6, 6.07) is 0. The Bertz CT molecular complexity index is 621. The lowest BCUT2D eigenvalue weighted by molar-refractivity contribution is -0.0583. The van der Waals surface area contributed by atoms with E-state index in [-0.39, 0.29) is 6.61 Å². The van der Waals surface area contributed by atoms with Crippen LogP contribution in [0.15, 0.2) is 17.6 Å². The van der Waals surface area contributed by atoms with Crippen LogP contribution in [-0.4, -0.2) is 66.2 Å². The second-order valence-electron chi connectivity index (χ2n) is 4.46. The lowest BCUT2D eigenvalue weighted by Crippen LogP contribution is -2.33. The molecule has 2 aromatic heterocycles. The van der Waals surface area contributed by atoms with Crippen LogP contribution in [0, 0.1) is 0 Å². The third-order valence-corrected chi connectivity index (χ3v) is 3.98. The fraction of sp³-hybridized carbons (Fsp3) is 0.545. The van der Waals surface area contributed by atoms with Crippen LogP contribution in [0.2, 0.25) is 0 Å². The van der Waals surface area contributed by atoms with Gasteiger partial charge in [-0.3, -0.25) is 0 Å². The Balaban J connectivity index is 1.99. The summed E-state index contributed by atoms with van der Waals surface area (Å²) in [5.41, 5.74) is 0.488. The third kappa shape index (κ3) is 2.07. The first-order valence-corrected chi connectivity index (χ1v) is 7.24. The van der Waals surface area contributed by atoms with E-state index in [0.717, 1.165) is 10.4 Å². The lowest BCUT2D eigenvalue weighted by atomic mass is 10.1. The summed E-state index contributed by atoms with van der Waals surface area (Å²) in [7, 11) is 0. The van der Waals surface area contributed by atoms with Crippen LogP contribution in [0.5, 0.6) is 0 Å². The van der Waals surface area contributed by atoms with Crippen LogP contribution in [-0.2, 0) is 4.74 Å². The zero-order chi connectivity index (χ0) is 14.3. The zero-order valence-electron chi connectivity index (χ0n) is 10.6. The summed E-state index contributed by atoms with van der Waals surface area (Å²) >= 11 is 1.46. The first-order valence-electron chi connectivity index (χ1n) is 6.02. The number of hydrogen-bond acceptors (Lipinski definition) is 8. The van der Waals surface area contributed by atoms with E-state index < -0.39 is 24.5 Å². The number of thioether (sulfide) groups is 1. The molecule has 3 rings (SSSR count). The molecule has 1 aliphatic heterocycles. The molecule has 9 heteroatoms. The van der Waals surface area contributed by atoms with Gasteiger partial charge in [-0.1, -0.05) is 0 Å². The molecule has 1 saturated heterocycles. The predicted octanol–water partition coefficient (Wildman–Crippen LogP) is -0.840. The van der Waals surface area contributed by atoms with Crippen LogP contribution in [0.25, 0.3) is 11.0 Å². The molecule has 0 aromatic carbocycles. The van der Waals surface area contributed by atoms with Gasteiger partial charge in [0.25, 0.3) is 0 Å². The van der Waals surface area contributed by atoms with E-state index in [2.05, 4.69) is 15.1 Å². The van der Waals surface area contributed by atoms with Crippen molar-refractivity contribution >= 4 is 22.8 Å². The summed E-state index contributed by atoms with van der Waals surface area (Å²) in [6.07, 6.45) is 0.991. The minimum atomic E-state index is -1.16. The fourth-order valence-electron chi connectivity index (χ4n) is 2.23. The molecule has 0 amide bonds. The second-order valence-corrected chi connectivity index (χ2v) is 5.25. The van der Waals surface area contributed by atoms with Gasteiger partial charge >= 0.3 is 0 Å². The van der Waals surface area contributed by atoms with Crippen LogP contribution in [0.1, 0.15) is 6.23 Å². The maximum atomic E-state index is 9.98. The van der Waals surface area contributed by atoms with Crippen LogP contribution in [0.3, 0.4) is 0 Å². The molecule has 0 bridgehead atoms. The molecule has 2 aromatic rings. The van der Waals surface area contributed by atoms with Gasteiger partial charge in [-0.15, -0.1) is 16.9 Å². The molecule has 8 nitrogen and oxygen atoms in total. The minimum absolute atomic E-state index is 0.370. The van der Waals surface area contributed by atoms with Crippen molar-refractivity contribution < 1.29 is 20.1 Å². The Hall–Kier alpha value is -1.26. The van der Waals surface area contributed by atoms with Crippen LogP contribution < -0.4 is 0 Å². The van der Waals surface area contributed by atoms with E-state index in [1.54, 1.807) is 6.20 Å². The summed E-state index contributed by atoms with van der Waals surface area (Å²) in [5, 5.41) is 34.6. The molecule has 1 aliphatic rings. The molecule has 3 heterocycles. The van der Waals surface area contributed by atoms with E-state index in [0.29, 0.717) is 5.65 Å². The number of aromatic nitrogens is 4. The van der Waals surface area contributed by atoms with Crippen LogP contribution >= 0.6 is 11.8 Å². The van der Waals surface area contributed by atoms with Crippen molar-refractivity contribution in [2.45, 2.75) is 29.6 Å². The monoisotopic (exact) mass is 298 g/mol. The number of ether oxygens (including phenoxy) is 1. The average Bonchev–Trinajstić information content (AvgIpc) is 3.01. The van der Waals surface area contributed by atoms with E-state index in [4.69, 9.17) is 9.84 Å². The van der Waals surface area contributed by atoms with Gasteiger partial charge in [0.05, 0.1) is 12.0 Å². The quantitative estimate of drug-likeness (QED) is 0.496. The Kier molecular flexibility index (Phi) is 3.61. The minimum Gasteiger partial charge on any atom is -0.394 e. The molecule has 3 N–H and O–H groups in total. The normalized spacial score (nSPS) is 30.2. The van der Waals surface area contributed by atoms with Gasteiger partial charge in [0.2, 0.25) is 0 Å². The molecule has 0 spiro atoms. The van der Waals surface area contributed by atoms with Crippen molar-refractivity contribution in [3.8, 4) is 0 Å². The van der Waals surface area contributed by atoms with E-state index in [1.807, 2.05) is 6.26 Å². The zero-order valence-corrected chi connectivity index (χ0v) is 11.4. The number of aliphatic hydroxyl groups excluding tert-OH is 3. The highest BCUT2D eigenvalue weighted by atomic mass is 32.2. The van der Waals surface area contributed by atoms with Crippen molar-refractivity contribution in [1.29, 1.82) is 0 Å². The van der Waals surface area contributed by atoms with Crippen molar-refractivity contribution in [2.24, 2.45) is 0 Å². The summed E-state index contributed by atoms with van der Waals surface area (Å²) in [5.74, 6) is 0. The molecule has 108 valence electrons. The maximum absolute atomic E-state index is 9.98. The molecular formula is C11H14N4O4S. The molecule has 0 saturated carbocycles. The van der Waals surface area contributed by atoms with Crippen molar-refractivity contribution in [2.75, 3.05) is 12.9 Å². The van der Waals surface area contributed by atoms with Crippen molar-refractivity contribution in [1.82, 2.24) is 19.7 Å². The van der Waals surface area contributed by atoms with E-state index in [9.17, 15) is 10.2 Å². The third-order valence-electron chi connectivity index (χ3n) is 3.27. The number of aliphatic hydroxyl groups is 3. The first-order chi connectivity index (χ1) is 9.65. The summed E-state index contributed by atoms with van der Waals surface area (Å²) in [6.45, 7) is -0.370. The van der Waals surface area contributed by atoms with Gasteiger partial charge in [-0.05, 0) is 6.26 Å². The van der Waals surface area contributed by atoms with Crippen molar-refractivity contribution in [3.05, 3.63) is 12.5 Å². The largest absolute Gasteiger partial charge is 0.394 e. The number of nitrogens with zero attached hydrogens (tertiary/aromatic N) is 4. The smallest absolute Gasteiger partial charge is 0.185 e. The molecular weight excluding hydrogens is 284 g/mol. The maximum Gasteiger partial charge on any atom is 0.185 e. The fourth-order valence-corrected chi connectivity index (χ4v) is 2.74. The molecule has 20 heavy (non-hydrogen) atoms. The molecule has 0 radical (unpaired) electrons. The topological polar surface area (TPSA) is 114 Å². The highest BCUT2D eigenvalue weighted by Gasteiger charge is 2.43. The summed E-state index contributed by atoms with van der Waals surface area (Å²) in [4.78, 5) is 8.20.